The molecule has 0 aromatic carbocycles. The fraction of sp³-hybridized carbons (Fsp3) is 0.667. The second kappa shape index (κ2) is 6.17. The molecule has 0 aliphatic heterocycles. The van der Waals surface area contributed by atoms with E-state index in [-0.39, 0.29) is 5.91 Å². The van der Waals surface area contributed by atoms with Gasteiger partial charge in [-0.15, -0.1) is 5.10 Å². The molecule has 0 N–H and O–H groups in total. The monoisotopic (exact) mass is 291 g/mol. The van der Waals surface area contributed by atoms with E-state index in [1.807, 2.05) is 0 Å². The lowest BCUT2D eigenvalue weighted by atomic mass is 10.2. The molecule has 1 rings (SSSR count). The molecule has 1 amide bonds. The Morgan fingerprint density at radius 2 is 2.33 bits per heavy atom. The van der Waals surface area contributed by atoms with Crippen molar-refractivity contribution in [2.24, 2.45) is 0 Å². The predicted octanol–water partition coefficient (Wildman–Crippen LogP) is 1.96. The molecule has 0 unspecified atom stereocenters. The van der Waals surface area contributed by atoms with Crippen molar-refractivity contribution in [1.29, 1.82) is 0 Å². The summed E-state index contributed by atoms with van der Waals surface area (Å²) < 4.78 is 3.84. The number of hydrogen-bond acceptors (Lipinski definition) is 4. The van der Waals surface area contributed by atoms with Gasteiger partial charge in [0.1, 0.15) is 4.88 Å². The molecule has 6 heteroatoms. The zero-order valence-corrected chi connectivity index (χ0v) is 11.3. The van der Waals surface area contributed by atoms with Gasteiger partial charge in [-0.1, -0.05) is 33.8 Å². The van der Waals surface area contributed by atoms with Gasteiger partial charge in [0.05, 0.1) is 5.69 Å². The first kappa shape index (κ1) is 12.6. The van der Waals surface area contributed by atoms with Crippen LogP contribution in [0.25, 0.3) is 0 Å². The average molecular weight is 292 g/mol. The van der Waals surface area contributed by atoms with Crippen molar-refractivity contribution in [2.75, 3.05) is 18.9 Å². The SMILES string of the molecule is CCCc1nnsc1C(=O)N(C)CCBr. The largest absolute Gasteiger partial charge is 0.340 e. The Balaban J connectivity index is 2.76. The van der Waals surface area contributed by atoms with Crippen LogP contribution in [0.2, 0.25) is 0 Å². The van der Waals surface area contributed by atoms with Gasteiger partial charge < -0.3 is 4.90 Å². The van der Waals surface area contributed by atoms with Crippen LogP contribution in [0.1, 0.15) is 28.7 Å². The number of hydrogen-bond donors (Lipinski definition) is 0. The summed E-state index contributed by atoms with van der Waals surface area (Å²) in [4.78, 5) is 14.3. The molecule has 0 bridgehead atoms. The first-order valence-corrected chi connectivity index (χ1v) is 6.72. The van der Waals surface area contributed by atoms with Crippen molar-refractivity contribution < 1.29 is 4.79 Å². The number of aromatic nitrogens is 2. The van der Waals surface area contributed by atoms with Crippen LogP contribution in [-0.4, -0.2) is 39.3 Å². The Morgan fingerprint density at radius 3 is 2.93 bits per heavy atom. The van der Waals surface area contributed by atoms with E-state index in [9.17, 15) is 4.79 Å². The van der Waals surface area contributed by atoms with E-state index < -0.39 is 0 Å². The summed E-state index contributed by atoms with van der Waals surface area (Å²) in [5.74, 6) is 0.0212. The summed E-state index contributed by atoms with van der Waals surface area (Å²) in [7, 11) is 1.79. The van der Waals surface area contributed by atoms with Gasteiger partial charge in [-0.05, 0) is 18.0 Å². The van der Waals surface area contributed by atoms with E-state index in [1.54, 1.807) is 11.9 Å². The van der Waals surface area contributed by atoms with E-state index in [0.29, 0.717) is 11.4 Å². The predicted molar refractivity (Wildman–Crippen MR) is 64.7 cm³/mol. The van der Waals surface area contributed by atoms with Gasteiger partial charge in [-0.25, -0.2) is 0 Å². The van der Waals surface area contributed by atoms with Crippen molar-refractivity contribution in [3.63, 3.8) is 0 Å². The van der Waals surface area contributed by atoms with Crippen molar-refractivity contribution in [2.45, 2.75) is 19.8 Å². The lowest BCUT2D eigenvalue weighted by Crippen LogP contribution is -2.28. The fourth-order valence-electron chi connectivity index (χ4n) is 1.17. The number of alkyl halides is 1. The summed E-state index contributed by atoms with van der Waals surface area (Å²) in [5.41, 5.74) is 0.828. The molecule has 0 atom stereocenters. The smallest absolute Gasteiger partial charge is 0.267 e. The quantitative estimate of drug-likeness (QED) is 0.779. The van der Waals surface area contributed by atoms with E-state index in [0.717, 1.165) is 23.9 Å². The van der Waals surface area contributed by atoms with Crippen LogP contribution in [0.5, 0.6) is 0 Å². The molecule has 0 aliphatic rings. The zero-order valence-electron chi connectivity index (χ0n) is 8.86. The molecule has 0 radical (unpaired) electrons. The van der Waals surface area contributed by atoms with E-state index in [1.165, 1.54) is 11.5 Å². The van der Waals surface area contributed by atoms with Gasteiger partial charge in [0.25, 0.3) is 5.91 Å². The molecule has 4 nitrogen and oxygen atoms in total. The van der Waals surface area contributed by atoms with Crippen LogP contribution < -0.4 is 0 Å². The van der Waals surface area contributed by atoms with Crippen LogP contribution in [0.3, 0.4) is 0 Å². The van der Waals surface area contributed by atoms with Gasteiger partial charge in [0.15, 0.2) is 0 Å². The van der Waals surface area contributed by atoms with Crippen LogP contribution in [-0.2, 0) is 6.42 Å². The topological polar surface area (TPSA) is 46.1 Å². The Morgan fingerprint density at radius 1 is 1.60 bits per heavy atom. The van der Waals surface area contributed by atoms with Crippen molar-refractivity contribution >= 4 is 33.4 Å². The van der Waals surface area contributed by atoms with E-state index in [2.05, 4.69) is 32.4 Å². The lowest BCUT2D eigenvalue weighted by Gasteiger charge is -2.14. The third-order valence-corrected chi connectivity index (χ3v) is 3.11. The van der Waals surface area contributed by atoms with Gasteiger partial charge >= 0.3 is 0 Å². The van der Waals surface area contributed by atoms with Crippen LogP contribution in [0, 0.1) is 0 Å². The average Bonchev–Trinajstić information content (AvgIpc) is 2.66. The summed E-state index contributed by atoms with van der Waals surface area (Å²) in [6.07, 6.45) is 1.80. The number of carbonyl (C=O) groups is 1. The second-order valence-electron chi connectivity index (χ2n) is 3.21. The minimum atomic E-state index is 0.0212. The summed E-state index contributed by atoms with van der Waals surface area (Å²) in [6.45, 7) is 2.76. The fourth-order valence-corrected chi connectivity index (χ4v) is 2.41. The van der Waals surface area contributed by atoms with E-state index in [4.69, 9.17) is 0 Å². The van der Waals surface area contributed by atoms with Gasteiger partial charge in [-0.3, -0.25) is 4.79 Å². The minimum Gasteiger partial charge on any atom is -0.340 e. The Hall–Kier alpha value is -0.490. The molecule has 0 fully saturated rings. The molecular formula is C9H14BrN3OS. The summed E-state index contributed by atoms with van der Waals surface area (Å²) in [6, 6.07) is 0. The molecule has 0 spiro atoms. The van der Waals surface area contributed by atoms with Gasteiger partial charge in [0.2, 0.25) is 0 Å². The Kier molecular flexibility index (Phi) is 5.17. The number of aryl methyl sites for hydroxylation is 1. The lowest BCUT2D eigenvalue weighted by molar-refractivity contribution is 0.0807. The molecule has 84 valence electrons. The highest BCUT2D eigenvalue weighted by Crippen LogP contribution is 2.14. The highest BCUT2D eigenvalue weighted by atomic mass is 79.9. The summed E-state index contributed by atoms with van der Waals surface area (Å²) in [5, 5.41) is 4.76. The van der Waals surface area contributed by atoms with Crippen molar-refractivity contribution in [1.82, 2.24) is 14.5 Å². The molecule has 15 heavy (non-hydrogen) atoms. The summed E-state index contributed by atoms with van der Waals surface area (Å²) >= 11 is 4.49. The maximum Gasteiger partial charge on any atom is 0.267 e. The normalized spacial score (nSPS) is 10.3. The number of amides is 1. The number of carbonyl (C=O) groups excluding carboxylic acids is 1. The third kappa shape index (κ3) is 3.24. The standard InChI is InChI=1S/C9H14BrN3OS/c1-3-4-7-8(15-12-11-7)9(14)13(2)6-5-10/h3-6H2,1-2H3. The molecule has 1 aromatic rings. The molecular weight excluding hydrogens is 278 g/mol. The molecule has 1 aromatic heterocycles. The molecule has 0 saturated carbocycles. The molecule has 0 saturated heterocycles. The van der Waals surface area contributed by atoms with Crippen LogP contribution >= 0.6 is 27.5 Å². The maximum atomic E-state index is 11.9. The second-order valence-corrected chi connectivity index (χ2v) is 4.76. The minimum absolute atomic E-state index is 0.0212. The first-order chi connectivity index (χ1) is 7.20. The Bertz CT molecular complexity index is 329. The van der Waals surface area contributed by atoms with E-state index >= 15 is 0 Å². The van der Waals surface area contributed by atoms with Gasteiger partial charge in [-0.2, -0.15) is 0 Å². The first-order valence-electron chi connectivity index (χ1n) is 4.83. The highest BCUT2D eigenvalue weighted by Gasteiger charge is 2.18. The van der Waals surface area contributed by atoms with Gasteiger partial charge in [0, 0.05) is 18.9 Å². The highest BCUT2D eigenvalue weighted by molar-refractivity contribution is 9.09. The van der Waals surface area contributed by atoms with Crippen molar-refractivity contribution in [3.8, 4) is 0 Å². The maximum absolute atomic E-state index is 11.9. The molecule has 0 aliphatic carbocycles. The number of nitrogens with zero attached hydrogens (tertiary/aromatic N) is 3. The van der Waals surface area contributed by atoms with Crippen molar-refractivity contribution in [3.05, 3.63) is 10.6 Å². The Labute approximate surface area is 102 Å². The third-order valence-electron chi connectivity index (χ3n) is 2.00. The number of rotatable bonds is 5. The van der Waals surface area contributed by atoms with Crippen LogP contribution in [0.4, 0.5) is 0 Å². The molecule has 1 heterocycles. The number of halogens is 1. The zero-order chi connectivity index (χ0) is 11.3. The van der Waals surface area contributed by atoms with Crippen LogP contribution in [0.15, 0.2) is 0 Å².